The van der Waals surface area contributed by atoms with Crippen LogP contribution >= 0.6 is 11.8 Å². The molecular weight excluding hydrogens is 376 g/mol. The zero-order valence-electron chi connectivity index (χ0n) is 14.2. The van der Waals surface area contributed by atoms with Crippen LogP contribution in [0, 0.1) is 0 Å². The largest absolute Gasteiger partial charge is 0.586 e. The lowest BCUT2D eigenvalue weighted by Crippen LogP contribution is -2.25. The Morgan fingerprint density at radius 2 is 2.04 bits per heavy atom. The average Bonchev–Trinajstić information content (AvgIpc) is 3.18. The van der Waals surface area contributed by atoms with E-state index < -0.39 is 6.29 Å². The number of fused-ring (bicyclic) bond motifs is 2. The van der Waals surface area contributed by atoms with Gasteiger partial charge >= 0.3 is 6.29 Å². The van der Waals surface area contributed by atoms with Gasteiger partial charge in [-0.3, -0.25) is 4.79 Å². The van der Waals surface area contributed by atoms with Gasteiger partial charge in [0.2, 0.25) is 5.91 Å². The highest BCUT2D eigenvalue weighted by molar-refractivity contribution is 8.00. The Hall–Kier alpha value is -2.81. The third-order valence-electron chi connectivity index (χ3n) is 3.94. The molecule has 1 atom stereocenters. The van der Waals surface area contributed by atoms with Gasteiger partial charge in [-0.1, -0.05) is 12.1 Å². The first-order chi connectivity index (χ1) is 12.9. The van der Waals surface area contributed by atoms with Gasteiger partial charge in [-0.2, -0.15) is 0 Å². The summed E-state index contributed by atoms with van der Waals surface area (Å²) >= 11 is 1.42. The molecule has 0 spiro atoms. The van der Waals surface area contributed by atoms with Crippen LogP contribution in [0.1, 0.15) is 18.0 Å². The maximum atomic E-state index is 13.0. The van der Waals surface area contributed by atoms with Gasteiger partial charge in [0.15, 0.2) is 11.5 Å². The molecule has 1 amide bonds. The molecule has 2 heterocycles. The Balaban J connectivity index is 1.35. The molecule has 1 aromatic heterocycles. The maximum Gasteiger partial charge on any atom is 0.586 e. The minimum Gasteiger partial charge on any atom is -0.395 e. The molecule has 1 aliphatic rings. The first kappa shape index (κ1) is 17.6. The van der Waals surface area contributed by atoms with E-state index in [1.54, 1.807) is 0 Å². The minimum absolute atomic E-state index is 0.0152. The Labute approximate surface area is 157 Å². The maximum absolute atomic E-state index is 13.0. The number of halogens is 2. The number of carbonyl (C=O) groups excluding carboxylic acids is 1. The Bertz CT molecular complexity index is 975. The molecule has 2 aromatic carbocycles. The molecule has 0 radical (unpaired) electrons. The highest BCUT2D eigenvalue weighted by Crippen LogP contribution is 2.42. The van der Waals surface area contributed by atoms with Crippen molar-refractivity contribution < 1.29 is 23.0 Å². The van der Waals surface area contributed by atoms with E-state index in [0.717, 1.165) is 16.9 Å². The van der Waals surface area contributed by atoms with Gasteiger partial charge < -0.3 is 19.8 Å². The Kier molecular flexibility index (Phi) is 4.39. The second-order valence-corrected chi connectivity index (χ2v) is 7.30. The molecule has 4 rings (SSSR count). The van der Waals surface area contributed by atoms with Crippen LogP contribution in [0.2, 0.25) is 0 Å². The summed E-state index contributed by atoms with van der Waals surface area (Å²) in [7, 11) is 0. The van der Waals surface area contributed by atoms with Crippen molar-refractivity contribution in [1.29, 1.82) is 0 Å². The predicted octanol–water partition coefficient (Wildman–Crippen LogP) is 4.32. The fourth-order valence-electron chi connectivity index (χ4n) is 2.67. The van der Waals surface area contributed by atoms with Crippen molar-refractivity contribution >= 4 is 34.4 Å². The molecule has 9 heteroatoms. The summed E-state index contributed by atoms with van der Waals surface area (Å²) in [6, 6.07) is 11.8. The van der Waals surface area contributed by atoms with Gasteiger partial charge in [-0.05, 0) is 31.2 Å². The summed E-state index contributed by atoms with van der Waals surface area (Å²) < 4.78 is 34.8. The number of thioether (sulfide) groups is 1. The molecule has 3 aromatic rings. The number of aromatic nitrogens is 2. The number of carbonyl (C=O) groups is 1. The lowest BCUT2D eigenvalue weighted by Gasteiger charge is -2.09. The molecular formula is C18H15F2N3O3S. The number of benzene rings is 2. The van der Waals surface area contributed by atoms with E-state index >= 15 is 0 Å². The van der Waals surface area contributed by atoms with Gasteiger partial charge in [0.05, 0.1) is 22.0 Å². The third-order valence-corrected chi connectivity index (χ3v) is 5.09. The lowest BCUT2D eigenvalue weighted by molar-refractivity contribution is -0.286. The van der Waals surface area contributed by atoms with Crippen molar-refractivity contribution in [3.8, 4) is 11.5 Å². The van der Waals surface area contributed by atoms with Gasteiger partial charge in [-0.15, -0.1) is 20.5 Å². The van der Waals surface area contributed by atoms with Crippen molar-refractivity contribution in [2.45, 2.75) is 18.5 Å². The molecule has 6 nitrogen and oxygen atoms in total. The molecule has 0 unspecified atom stereocenters. The number of H-pyrrole nitrogens is 1. The van der Waals surface area contributed by atoms with E-state index in [1.165, 1.54) is 30.0 Å². The van der Waals surface area contributed by atoms with Gasteiger partial charge in [0, 0.05) is 11.8 Å². The Morgan fingerprint density at radius 1 is 1.26 bits per heavy atom. The van der Waals surface area contributed by atoms with Crippen LogP contribution in [-0.4, -0.2) is 27.9 Å². The standard InChI is InChI=1S/C18H15F2N3O3S/c1-10(17-22-12-4-2-3-5-13(12)23-17)27-9-16(24)21-11-6-7-14-15(8-11)26-18(19,20)25-14/h2-8,10H,9H2,1H3,(H,21,24)(H,22,23)/t10-/m0/s1. The van der Waals surface area contributed by atoms with Crippen molar-refractivity contribution in [2.75, 3.05) is 11.1 Å². The topological polar surface area (TPSA) is 76.2 Å². The molecule has 140 valence electrons. The third kappa shape index (κ3) is 3.82. The lowest BCUT2D eigenvalue weighted by atomic mass is 10.3. The van der Waals surface area contributed by atoms with Crippen LogP contribution in [0.3, 0.4) is 0 Å². The van der Waals surface area contributed by atoms with Crippen molar-refractivity contribution in [3.63, 3.8) is 0 Å². The predicted molar refractivity (Wildman–Crippen MR) is 98.2 cm³/mol. The van der Waals surface area contributed by atoms with Gasteiger partial charge in [0.25, 0.3) is 0 Å². The Morgan fingerprint density at radius 3 is 2.85 bits per heavy atom. The summed E-state index contributed by atoms with van der Waals surface area (Å²) in [6.07, 6.45) is -3.68. The fourth-order valence-corrected chi connectivity index (χ4v) is 3.41. The van der Waals surface area contributed by atoms with Crippen LogP contribution in [0.25, 0.3) is 11.0 Å². The van der Waals surface area contributed by atoms with E-state index in [0.29, 0.717) is 5.69 Å². The summed E-state index contributed by atoms with van der Waals surface area (Å²) in [5.41, 5.74) is 2.18. The van der Waals surface area contributed by atoms with E-state index in [1.807, 2.05) is 31.2 Å². The zero-order valence-corrected chi connectivity index (χ0v) is 15.0. The number of alkyl halides is 2. The van der Waals surface area contributed by atoms with Gasteiger partial charge in [-0.25, -0.2) is 4.98 Å². The number of hydrogen-bond donors (Lipinski definition) is 2. The number of rotatable bonds is 5. The highest BCUT2D eigenvalue weighted by Gasteiger charge is 2.43. The zero-order chi connectivity index (χ0) is 19.0. The first-order valence-corrected chi connectivity index (χ1v) is 9.20. The van der Waals surface area contributed by atoms with Crippen LogP contribution in [0.4, 0.5) is 14.5 Å². The monoisotopic (exact) mass is 391 g/mol. The average molecular weight is 391 g/mol. The molecule has 0 saturated carbocycles. The molecule has 0 bridgehead atoms. The number of para-hydroxylation sites is 2. The molecule has 0 fully saturated rings. The SMILES string of the molecule is C[C@H](SCC(=O)Nc1ccc2c(c1)OC(F)(F)O2)c1nc2ccccc2[nH]1. The van der Waals surface area contributed by atoms with Crippen molar-refractivity contribution in [3.05, 3.63) is 48.3 Å². The smallest absolute Gasteiger partial charge is 0.395 e. The van der Waals surface area contributed by atoms with Crippen LogP contribution in [-0.2, 0) is 4.79 Å². The first-order valence-electron chi connectivity index (χ1n) is 8.16. The molecule has 0 aliphatic carbocycles. The van der Waals surface area contributed by atoms with Crippen LogP contribution in [0.15, 0.2) is 42.5 Å². The number of nitrogens with zero attached hydrogens (tertiary/aromatic N) is 1. The summed E-state index contributed by atoms with van der Waals surface area (Å²) in [5, 5.41) is 2.65. The molecule has 1 aliphatic heterocycles. The summed E-state index contributed by atoms with van der Waals surface area (Å²) in [4.78, 5) is 19.9. The quantitative estimate of drug-likeness (QED) is 0.678. The molecule has 2 N–H and O–H groups in total. The van der Waals surface area contributed by atoms with Crippen molar-refractivity contribution in [1.82, 2.24) is 9.97 Å². The molecule has 27 heavy (non-hydrogen) atoms. The molecule has 0 saturated heterocycles. The van der Waals surface area contributed by atoms with E-state index in [9.17, 15) is 13.6 Å². The number of anilines is 1. The number of nitrogens with one attached hydrogen (secondary N) is 2. The van der Waals surface area contributed by atoms with E-state index in [4.69, 9.17) is 0 Å². The van der Waals surface area contributed by atoms with Crippen molar-refractivity contribution in [2.24, 2.45) is 0 Å². The minimum atomic E-state index is -3.68. The van der Waals surface area contributed by atoms with Crippen LogP contribution < -0.4 is 14.8 Å². The fraction of sp³-hybridized carbons (Fsp3) is 0.222. The number of hydrogen-bond acceptors (Lipinski definition) is 5. The van der Waals surface area contributed by atoms with Gasteiger partial charge in [0.1, 0.15) is 5.82 Å². The van der Waals surface area contributed by atoms with Crippen LogP contribution in [0.5, 0.6) is 11.5 Å². The highest BCUT2D eigenvalue weighted by atomic mass is 32.2. The second kappa shape index (κ2) is 6.73. The number of aromatic amines is 1. The van der Waals surface area contributed by atoms with E-state index in [-0.39, 0.29) is 28.4 Å². The summed E-state index contributed by atoms with van der Waals surface area (Å²) in [6.45, 7) is 1.96. The number of imidazole rings is 1. The summed E-state index contributed by atoms with van der Waals surface area (Å²) in [5.74, 6) is 0.544. The number of ether oxygens (including phenoxy) is 2. The normalized spacial score (nSPS) is 15.7. The van der Waals surface area contributed by atoms with E-state index in [2.05, 4.69) is 24.8 Å². The number of amides is 1. The second-order valence-electron chi connectivity index (χ2n) is 5.97.